The topological polar surface area (TPSA) is 37.4 Å². The van der Waals surface area contributed by atoms with Gasteiger partial charge >= 0.3 is 0 Å². The monoisotopic (exact) mass is 493 g/mol. The quantitative estimate of drug-likeness (QED) is 0.327. The van der Waals surface area contributed by atoms with E-state index in [1.807, 2.05) is 35.6 Å². The average molecular weight is 493 g/mol. The predicted octanol–water partition coefficient (Wildman–Crippen LogP) is 5.92. The maximum atomic E-state index is 15.5. The van der Waals surface area contributed by atoms with E-state index >= 15 is 4.39 Å². The fraction of sp³-hybridized carbons (Fsp3) is 0.0476. The van der Waals surface area contributed by atoms with Gasteiger partial charge in [-0.25, -0.2) is 12.7 Å². The van der Waals surface area contributed by atoms with Crippen molar-refractivity contribution < 1.29 is 12.8 Å². The van der Waals surface area contributed by atoms with E-state index in [1.165, 1.54) is 12.1 Å². The van der Waals surface area contributed by atoms with Gasteiger partial charge in [0, 0.05) is 0 Å². The summed E-state index contributed by atoms with van der Waals surface area (Å²) in [6.07, 6.45) is 0. The fourth-order valence-corrected chi connectivity index (χ4v) is 4.69. The maximum absolute atomic E-state index is 15.5. The molecule has 138 valence electrons. The molecule has 3 nitrogen and oxygen atoms in total. The van der Waals surface area contributed by atoms with Gasteiger partial charge in [0.1, 0.15) is 0 Å². The van der Waals surface area contributed by atoms with Gasteiger partial charge in [-0.1, -0.05) is 66.2 Å². The first-order valence-corrected chi connectivity index (χ1v) is 10.7. The molecular weight excluding hydrogens is 476 g/mol. The minimum absolute atomic E-state index is 0.0318. The van der Waals surface area contributed by atoms with Crippen molar-refractivity contribution in [2.45, 2.75) is 11.8 Å². The van der Waals surface area contributed by atoms with Crippen molar-refractivity contribution in [3.05, 3.63) is 102 Å². The number of hydrogen-bond acceptors (Lipinski definition) is 2. The summed E-state index contributed by atoms with van der Waals surface area (Å²) < 4.78 is 43.0. The van der Waals surface area contributed by atoms with Gasteiger partial charge in [-0.2, -0.15) is 4.39 Å². The summed E-state index contributed by atoms with van der Waals surface area (Å²) in [5, 5.41) is 0. The zero-order valence-corrected chi connectivity index (χ0v) is 17.5. The molecule has 3 aromatic rings. The Kier molecular flexibility index (Phi) is 5.96. The van der Waals surface area contributed by atoms with Crippen molar-refractivity contribution in [1.82, 2.24) is 0 Å². The third-order valence-corrected chi connectivity index (χ3v) is 6.72. The molecule has 6 heteroatoms. The summed E-state index contributed by atoms with van der Waals surface area (Å²) in [6.45, 7) is 1.87. The molecular formula is C21H17FINO2S. The van der Waals surface area contributed by atoms with E-state index in [0.29, 0.717) is 5.56 Å². The number of aryl methyl sites for hydroxylation is 1. The van der Waals surface area contributed by atoms with Gasteiger partial charge in [-0.05, 0) is 59.3 Å². The lowest BCUT2D eigenvalue weighted by Crippen LogP contribution is -2.29. The molecule has 0 unspecified atom stereocenters. The number of sulfonamides is 1. The largest absolute Gasteiger partial charge is 0.270 e. The van der Waals surface area contributed by atoms with E-state index in [0.717, 1.165) is 9.87 Å². The first-order chi connectivity index (χ1) is 12.9. The number of benzene rings is 3. The van der Waals surface area contributed by atoms with Crippen LogP contribution in [0.15, 0.2) is 95.8 Å². The second-order valence-corrected chi connectivity index (χ2v) is 8.75. The number of hydrogen-bond donors (Lipinski definition) is 0. The molecule has 0 saturated heterocycles. The third kappa shape index (κ3) is 4.22. The molecule has 0 aromatic heterocycles. The molecule has 0 aliphatic rings. The maximum Gasteiger partial charge on any atom is 0.270 e. The van der Waals surface area contributed by atoms with E-state index < -0.39 is 16.0 Å². The van der Waals surface area contributed by atoms with Crippen molar-refractivity contribution in [2.24, 2.45) is 0 Å². The molecule has 0 saturated carbocycles. The van der Waals surface area contributed by atoms with Gasteiger partial charge in [-0.3, -0.25) is 0 Å². The molecule has 0 aliphatic carbocycles. The van der Waals surface area contributed by atoms with Crippen LogP contribution in [0.25, 0.3) is 3.58 Å². The molecule has 0 aliphatic heterocycles. The van der Waals surface area contributed by atoms with Crippen LogP contribution in [0.5, 0.6) is 0 Å². The molecule has 3 rings (SSSR count). The molecule has 0 bridgehead atoms. The highest BCUT2D eigenvalue weighted by atomic mass is 127. The summed E-state index contributed by atoms with van der Waals surface area (Å²) in [4.78, 5) is 0.0318. The predicted molar refractivity (Wildman–Crippen MR) is 116 cm³/mol. The first-order valence-electron chi connectivity index (χ1n) is 8.19. The minimum Gasteiger partial charge on any atom is -0.208 e. The third-order valence-electron chi connectivity index (χ3n) is 3.94. The van der Waals surface area contributed by atoms with Crippen molar-refractivity contribution in [3.63, 3.8) is 0 Å². The number of nitrogens with zero attached hydrogens (tertiary/aromatic N) is 1. The smallest absolute Gasteiger partial charge is 0.208 e. The molecule has 0 atom stereocenters. The molecule has 0 spiro atoms. The number of anilines is 1. The van der Waals surface area contributed by atoms with Crippen LogP contribution in [0.1, 0.15) is 11.1 Å². The molecule has 0 heterocycles. The lowest BCUT2D eigenvalue weighted by Gasteiger charge is -2.23. The standard InChI is InChI=1S/C21H17FINO2S/c1-16-12-14-19(15-13-16)27(25,26)24(18-10-6-3-7-11-18)21(22)20(23)17-8-4-2-5-9-17/h2-15H,1H3/b21-20-. The zero-order chi connectivity index (χ0) is 19.4. The van der Waals surface area contributed by atoms with Crippen LogP contribution in [0.2, 0.25) is 0 Å². The lowest BCUT2D eigenvalue weighted by atomic mass is 10.2. The highest BCUT2D eigenvalue weighted by Gasteiger charge is 2.30. The highest BCUT2D eigenvalue weighted by Crippen LogP contribution is 2.35. The van der Waals surface area contributed by atoms with Crippen LogP contribution in [0.4, 0.5) is 10.1 Å². The van der Waals surface area contributed by atoms with E-state index in [1.54, 1.807) is 66.7 Å². The second-order valence-electron chi connectivity index (χ2n) is 5.89. The van der Waals surface area contributed by atoms with Crippen molar-refractivity contribution in [1.29, 1.82) is 0 Å². The number of halogens is 2. The van der Waals surface area contributed by atoms with Crippen LogP contribution in [-0.4, -0.2) is 8.42 Å². The molecule has 0 fully saturated rings. The Bertz CT molecular complexity index is 1050. The van der Waals surface area contributed by atoms with Crippen LogP contribution in [0.3, 0.4) is 0 Å². The first kappa shape index (κ1) is 19.6. The number of para-hydroxylation sites is 1. The summed E-state index contributed by atoms with van der Waals surface area (Å²) in [5.41, 5.74) is 1.77. The highest BCUT2D eigenvalue weighted by molar-refractivity contribution is 14.1. The van der Waals surface area contributed by atoms with E-state index in [4.69, 9.17) is 0 Å². The average Bonchev–Trinajstić information content (AvgIpc) is 2.69. The van der Waals surface area contributed by atoms with Crippen molar-refractivity contribution in [3.8, 4) is 0 Å². The van der Waals surface area contributed by atoms with Crippen LogP contribution in [-0.2, 0) is 10.0 Å². The number of rotatable bonds is 5. The van der Waals surface area contributed by atoms with E-state index in [9.17, 15) is 8.42 Å². The van der Waals surface area contributed by atoms with E-state index in [-0.39, 0.29) is 14.2 Å². The molecule has 0 amide bonds. The molecule has 3 aromatic carbocycles. The molecule has 0 radical (unpaired) electrons. The summed E-state index contributed by atoms with van der Waals surface area (Å²) in [6, 6.07) is 23.5. The summed E-state index contributed by atoms with van der Waals surface area (Å²) >= 11 is 1.84. The minimum atomic E-state index is -4.13. The Labute approximate surface area is 172 Å². The molecule has 27 heavy (non-hydrogen) atoms. The Hall–Kier alpha value is -2.19. The Morgan fingerprint density at radius 2 is 1.37 bits per heavy atom. The van der Waals surface area contributed by atoms with Crippen molar-refractivity contribution >= 4 is 41.9 Å². The zero-order valence-electron chi connectivity index (χ0n) is 14.5. The SMILES string of the molecule is Cc1ccc(S(=O)(=O)N(/C(F)=C(\I)c2ccccc2)c2ccccc2)cc1. The fourth-order valence-electron chi connectivity index (χ4n) is 2.53. The molecule has 0 N–H and O–H groups in total. The summed E-state index contributed by atoms with van der Waals surface area (Å²) in [5.74, 6) is -0.839. The van der Waals surface area contributed by atoms with E-state index in [2.05, 4.69) is 0 Å². The normalized spacial score (nSPS) is 12.4. The van der Waals surface area contributed by atoms with Gasteiger partial charge in [-0.15, -0.1) is 0 Å². The van der Waals surface area contributed by atoms with Gasteiger partial charge in [0.25, 0.3) is 10.0 Å². The Morgan fingerprint density at radius 3 is 1.93 bits per heavy atom. The Morgan fingerprint density at radius 1 is 0.852 bits per heavy atom. The summed E-state index contributed by atoms with van der Waals surface area (Å²) in [7, 11) is -4.13. The van der Waals surface area contributed by atoms with Gasteiger partial charge < -0.3 is 0 Å². The van der Waals surface area contributed by atoms with Gasteiger partial charge in [0.05, 0.1) is 14.2 Å². The van der Waals surface area contributed by atoms with Gasteiger partial charge in [0.15, 0.2) is 0 Å². The van der Waals surface area contributed by atoms with Crippen LogP contribution in [0, 0.1) is 6.92 Å². The lowest BCUT2D eigenvalue weighted by molar-refractivity contribution is 0.576. The Balaban J connectivity index is 2.20. The van der Waals surface area contributed by atoms with Crippen LogP contribution >= 0.6 is 22.6 Å². The van der Waals surface area contributed by atoms with Gasteiger partial charge in [0.2, 0.25) is 5.95 Å². The van der Waals surface area contributed by atoms with Crippen molar-refractivity contribution in [2.75, 3.05) is 4.31 Å². The van der Waals surface area contributed by atoms with Crippen LogP contribution < -0.4 is 4.31 Å². The second kappa shape index (κ2) is 8.22.